The lowest BCUT2D eigenvalue weighted by Crippen LogP contribution is -2.58. The summed E-state index contributed by atoms with van der Waals surface area (Å²) in [6.45, 7) is 5.66. The molecule has 0 bridgehead atoms. The number of hydrogen-bond acceptors (Lipinski definition) is 2. The van der Waals surface area contributed by atoms with Crippen LogP contribution in [0.25, 0.3) is 0 Å². The molecule has 3 unspecified atom stereocenters. The number of nitrogens with two attached hydrogens (primary N) is 1. The molecule has 0 radical (unpaired) electrons. The summed E-state index contributed by atoms with van der Waals surface area (Å²) in [6.07, 6.45) is 9.59. The molecule has 2 aliphatic carbocycles. The van der Waals surface area contributed by atoms with Crippen LogP contribution in [0.15, 0.2) is 0 Å². The van der Waals surface area contributed by atoms with E-state index in [1.807, 2.05) is 0 Å². The third kappa shape index (κ3) is 2.53. The molecule has 3 atom stereocenters. The van der Waals surface area contributed by atoms with E-state index < -0.39 is 0 Å². The number of hydrogen-bond donors (Lipinski definition) is 1. The van der Waals surface area contributed by atoms with Crippen molar-refractivity contribution in [2.45, 2.75) is 70.4 Å². The van der Waals surface area contributed by atoms with E-state index in [1.165, 1.54) is 44.9 Å². The fraction of sp³-hybridized carbons (Fsp3) is 1.00. The van der Waals surface area contributed by atoms with Gasteiger partial charge in [-0.25, -0.2) is 0 Å². The highest BCUT2D eigenvalue weighted by Gasteiger charge is 2.42. The Balaban J connectivity index is 2.07. The first-order valence-electron chi connectivity index (χ1n) is 7.52. The van der Waals surface area contributed by atoms with Crippen molar-refractivity contribution >= 4 is 0 Å². The summed E-state index contributed by atoms with van der Waals surface area (Å²) >= 11 is 0. The molecule has 17 heavy (non-hydrogen) atoms. The summed E-state index contributed by atoms with van der Waals surface area (Å²) in [5.74, 6) is 1.71. The van der Waals surface area contributed by atoms with Crippen LogP contribution in [0.4, 0.5) is 0 Å². The largest absolute Gasteiger partial charge is 0.329 e. The Bertz CT molecular complexity index is 247. The van der Waals surface area contributed by atoms with Gasteiger partial charge in [0.15, 0.2) is 0 Å². The molecule has 0 saturated heterocycles. The number of nitrogens with zero attached hydrogens (tertiary/aromatic N) is 1. The van der Waals surface area contributed by atoms with Crippen LogP contribution in [-0.2, 0) is 0 Å². The molecule has 0 aromatic carbocycles. The maximum Gasteiger partial charge on any atom is 0.0334 e. The van der Waals surface area contributed by atoms with E-state index in [1.54, 1.807) is 0 Å². The molecule has 2 saturated carbocycles. The first-order chi connectivity index (χ1) is 8.09. The summed E-state index contributed by atoms with van der Waals surface area (Å²) in [6, 6.07) is 0.805. The Morgan fingerprint density at radius 1 is 1.12 bits per heavy atom. The summed E-state index contributed by atoms with van der Waals surface area (Å²) < 4.78 is 0. The second-order valence-electron chi connectivity index (χ2n) is 6.68. The van der Waals surface area contributed by atoms with Crippen LogP contribution in [-0.4, -0.2) is 30.1 Å². The second-order valence-corrected chi connectivity index (χ2v) is 6.68. The molecule has 2 aliphatic rings. The van der Waals surface area contributed by atoms with Gasteiger partial charge in [-0.1, -0.05) is 26.7 Å². The van der Waals surface area contributed by atoms with Crippen molar-refractivity contribution in [3.63, 3.8) is 0 Å². The fourth-order valence-electron chi connectivity index (χ4n) is 4.01. The average molecular weight is 238 g/mol. The lowest BCUT2D eigenvalue weighted by Gasteiger charge is -2.50. The Morgan fingerprint density at radius 2 is 1.76 bits per heavy atom. The van der Waals surface area contributed by atoms with Crippen LogP contribution in [0.1, 0.15) is 58.8 Å². The van der Waals surface area contributed by atoms with Crippen LogP contribution >= 0.6 is 0 Å². The Labute approximate surface area is 107 Å². The van der Waals surface area contributed by atoms with Crippen LogP contribution in [0.2, 0.25) is 0 Å². The molecule has 2 heteroatoms. The van der Waals surface area contributed by atoms with Crippen LogP contribution in [0.3, 0.4) is 0 Å². The van der Waals surface area contributed by atoms with Gasteiger partial charge in [-0.3, -0.25) is 4.90 Å². The zero-order chi connectivity index (χ0) is 12.5. The molecule has 2 rings (SSSR count). The maximum absolute atomic E-state index is 6.17. The van der Waals surface area contributed by atoms with E-state index in [-0.39, 0.29) is 0 Å². The predicted octanol–water partition coefficient (Wildman–Crippen LogP) is 3.01. The molecule has 2 nitrogen and oxygen atoms in total. The minimum Gasteiger partial charge on any atom is -0.329 e. The quantitative estimate of drug-likeness (QED) is 0.819. The van der Waals surface area contributed by atoms with Crippen molar-refractivity contribution in [1.82, 2.24) is 4.90 Å². The highest BCUT2D eigenvalue weighted by atomic mass is 15.2. The third-order valence-corrected chi connectivity index (χ3v) is 5.74. The lowest BCUT2D eigenvalue weighted by atomic mass is 9.70. The molecule has 0 aromatic rings. The van der Waals surface area contributed by atoms with Crippen molar-refractivity contribution in [2.75, 3.05) is 13.6 Å². The van der Waals surface area contributed by atoms with Gasteiger partial charge in [0.2, 0.25) is 0 Å². The smallest absolute Gasteiger partial charge is 0.0334 e. The summed E-state index contributed by atoms with van der Waals surface area (Å²) in [7, 11) is 2.34. The Morgan fingerprint density at radius 3 is 2.29 bits per heavy atom. The van der Waals surface area contributed by atoms with Gasteiger partial charge >= 0.3 is 0 Å². The predicted molar refractivity (Wildman–Crippen MR) is 74.0 cm³/mol. The topological polar surface area (TPSA) is 29.3 Å². The normalized spacial score (nSPS) is 40.1. The van der Waals surface area contributed by atoms with E-state index >= 15 is 0 Å². The van der Waals surface area contributed by atoms with Crippen LogP contribution in [0.5, 0.6) is 0 Å². The molecule has 100 valence electrons. The zero-order valence-electron chi connectivity index (χ0n) is 11.9. The molecule has 2 fully saturated rings. The van der Waals surface area contributed by atoms with Crippen molar-refractivity contribution in [2.24, 2.45) is 17.6 Å². The third-order valence-electron chi connectivity index (χ3n) is 5.74. The summed E-state index contributed by atoms with van der Waals surface area (Å²) in [4.78, 5) is 2.67. The maximum atomic E-state index is 6.17. The van der Waals surface area contributed by atoms with Gasteiger partial charge in [0.05, 0.1) is 0 Å². The second kappa shape index (κ2) is 5.27. The van der Waals surface area contributed by atoms with E-state index in [0.29, 0.717) is 5.54 Å². The highest BCUT2D eigenvalue weighted by molar-refractivity contribution is 4.99. The first kappa shape index (κ1) is 13.4. The minimum atomic E-state index is 0.306. The van der Waals surface area contributed by atoms with E-state index in [4.69, 9.17) is 5.73 Å². The molecule has 2 N–H and O–H groups in total. The molecule has 0 heterocycles. The molecule has 0 spiro atoms. The van der Waals surface area contributed by atoms with Crippen LogP contribution < -0.4 is 5.73 Å². The van der Waals surface area contributed by atoms with Crippen molar-refractivity contribution in [3.05, 3.63) is 0 Å². The average Bonchev–Trinajstić information content (AvgIpc) is 2.85. The van der Waals surface area contributed by atoms with Gasteiger partial charge in [0, 0.05) is 18.1 Å². The molecule has 0 aliphatic heterocycles. The van der Waals surface area contributed by atoms with Gasteiger partial charge in [-0.2, -0.15) is 0 Å². The van der Waals surface area contributed by atoms with Crippen LogP contribution in [0, 0.1) is 11.8 Å². The fourth-order valence-corrected chi connectivity index (χ4v) is 4.01. The van der Waals surface area contributed by atoms with E-state index in [9.17, 15) is 0 Å². The minimum absolute atomic E-state index is 0.306. The molecular formula is C15H30N2. The molecular weight excluding hydrogens is 208 g/mol. The first-order valence-corrected chi connectivity index (χ1v) is 7.52. The van der Waals surface area contributed by atoms with Crippen molar-refractivity contribution in [3.8, 4) is 0 Å². The van der Waals surface area contributed by atoms with E-state index in [2.05, 4.69) is 25.8 Å². The monoisotopic (exact) mass is 238 g/mol. The van der Waals surface area contributed by atoms with Gasteiger partial charge in [0.25, 0.3) is 0 Å². The number of likely N-dealkylation sites (N-methyl/N-ethyl adjacent to an activating group) is 1. The zero-order valence-corrected chi connectivity index (χ0v) is 11.9. The Kier molecular flexibility index (Phi) is 4.14. The lowest BCUT2D eigenvalue weighted by molar-refractivity contribution is 0.0124. The van der Waals surface area contributed by atoms with Gasteiger partial charge in [-0.05, 0) is 51.0 Å². The van der Waals surface area contributed by atoms with Gasteiger partial charge in [-0.15, -0.1) is 0 Å². The number of rotatable bonds is 3. The van der Waals surface area contributed by atoms with Crippen molar-refractivity contribution < 1.29 is 0 Å². The highest BCUT2D eigenvalue weighted by Crippen LogP contribution is 2.41. The molecule has 0 amide bonds. The summed E-state index contributed by atoms with van der Waals surface area (Å²) in [5, 5.41) is 0. The summed E-state index contributed by atoms with van der Waals surface area (Å²) in [5.41, 5.74) is 6.48. The Hall–Kier alpha value is -0.0800. The van der Waals surface area contributed by atoms with E-state index in [0.717, 1.165) is 24.4 Å². The van der Waals surface area contributed by atoms with Gasteiger partial charge in [0.1, 0.15) is 0 Å². The standard InChI is InChI=1S/C15H30N2/c1-12-8-9-15(11-16,10-13(12)2)17(3)14-6-4-5-7-14/h12-14H,4-11,16H2,1-3H3. The van der Waals surface area contributed by atoms with Crippen molar-refractivity contribution in [1.29, 1.82) is 0 Å². The van der Waals surface area contributed by atoms with Gasteiger partial charge < -0.3 is 5.73 Å². The molecule has 0 aromatic heterocycles. The SMILES string of the molecule is CC1CCC(CN)(N(C)C2CCCC2)CC1C.